The molecule has 1 aliphatic heterocycles. The highest BCUT2D eigenvalue weighted by Gasteiger charge is 2.51. The van der Waals surface area contributed by atoms with Gasteiger partial charge in [-0.1, -0.05) is 0 Å². The van der Waals surface area contributed by atoms with Crippen molar-refractivity contribution >= 4 is 29.1 Å². The average molecular weight is 440 g/mol. The molecule has 3 heterocycles. The van der Waals surface area contributed by atoms with Crippen LogP contribution < -0.4 is 5.56 Å². The summed E-state index contributed by atoms with van der Waals surface area (Å²) < 4.78 is 22.7. The Hall–Kier alpha value is -3.88. The fraction of sp³-hybridized carbons (Fsp3) is 0.500. The molecule has 1 saturated heterocycles. The zero-order valence-electron chi connectivity index (χ0n) is 16.5. The maximum atomic E-state index is 12.3. The zero-order valence-corrected chi connectivity index (χ0v) is 16.5. The highest BCUT2D eigenvalue weighted by molar-refractivity contribution is 5.70. The van der Waals surface area contributed by atoms with Crippen molar-refractivity contribution in [3.8, 4) is 0 Å². The highest BCUT2D eigenvalue weighted by atomic mass is 16.7. The summed E-state index contributed by atoms with van der Waals surface area (Å²) in [6.45, 7) is 3.11. The molecular weight excluding hydrogens is 423 g/mol. The lowest BCUT2D eigenvalue weighted by atomic mass is 10.1. The molecule has 0 aliphatic carbocycles. The molecule has 166 valence electrons. The van der Waals surface area contributed by atoms with E-state index < -0.39 is 53.0 Å². The van der Waals surface area contributed by atoms with Crippen molar-refractivity contribution in [2.75, 3.05) is 6.61 Å². The zero-order chi connectivity index (χ0) is 22.9. The predicted molar refractivity (Wildman–Crippen MR) is 95.8 cm³/mol. The van der Waals surface area contributed by atoms with E-state index in [-0.39, 0.29) is 22.4 Å². The van der Waals surface area contributed by atoms with Gasteiger partial charge >= 0.3 is 23.5 Å². The summed E-state index contributed by atoms with van der Waals surface area (Å²) in [6.07, 6.45) is -2.81. The van der Waals surface area contributed by atoms with Crippen molar-refractivity contribution in [2.24, 2.45) is 0 Å². The number of nitrogens with zero attached hydrogens (tertiary/aromatic N) is 5. The minimum atomic E-state index is -1.22. The first-order valence-corrected chi connectivity index (χ1v) is 8.82. The lowest BCUT2D eigenvalue weighted by Gasteiger charge is -2.23. The Morgan fingerprint density at radius 3 is 2.32 bits per heavy atom. The second-order valence-electron chi connectivity index (χ2n) is 6.47. The van der Waals surface area contributed by atoms with Gasteiger partial charge in [-0.05, 0) is 4.68 Å². The van der Waals surface area contributed by atoms with Crippen LogP contribution in [0.2, 0.25) is 0 Å². The average Bonchev–Trinajstić information content (AvgIpc) is 3.22. The molecule has 0 bridgehead atoms. The Balaban J connectivity index is 2.06. The van der Waals surface area contributed by atoms with Crippen molar-refractivity contribution in [3.05, 3.63) is 33.1 Å². The summed E-state index contributed by atoms with van der Waals surface area (Å²) >= 11 is 0. The van der Waals surface area contributed by atoms with Gasteiger partial charge in [0.25, 0.3) is 0 Å². The number of esters is 3. The van der Waals surface area contributed by atoms with Crippen molar-refractivity contribution in [1.82, 2.24) is 19.2 Å². The molecule has 0 unspecified atom stereocenters. The van der Waals surface area contributed by atoms with E-state index in [9.17, 15) is 29.3 Å². The van der Waals surface area contributed by atoms with Crippen LogP contribution in [-0.2, 0) is 33.3 Å². The Morgan fingerprint density at radius 2 is 1.74 bits per heavy atom. The lowest BCUT2D eigenvalue weighted by molar-refractivity contribution is -0.545. The predicted octanol–water partition coefficient (Wildman–Crippen LogP) is -1.04. The molecule has 31 heavy (non-hydrogen) atoms. The van der Waals surface area contributed by atoms with Gasteiger partial charge in [0.15, 0.2) is 41.0 Å². The van der Waals surface area contributed by atoms with E-state index in [0.717, 1.165) is 20.2 Å². The number of hydrogen-bond acceptors (Lipinski definition) is 12. The Bertz CT molecular complexity index is 1110. The normalized spacial score (nSPS) is 22.8. The van der Waals surface area contributed by atoms with Crippen LogP contribution in [0.5, 0.6) is 0 Å². The number of imidazole rings is 1. The molecule has 0 radical (unpaired) electrons. The number of carbonyl (C=O) groups is 3. The molecule has 2 aromatic heterocycles. The number of ether oxygens (including phenoxy) is 4. The third kappa shape index (κ3) is 4.35. The Labute approximate surface area is 172 Å². The standard InChI is InChI=1S/C16H17N5O10/c1-7(22)28-4-10-12(29-8(2)23)13(30-9(3)24)16(31-10)19-5-17-11-14(19)18-6-20(15(11)25)21(26)27/h5-6,10,12-13,16H,4H2,1-3H3/t10-,12-,13-,16-/m1/s1/i6+1. The van der Waals surface area contributed by atoms with E-state index in [1.54, 1.807) is 0 Å². The first kappa shape index (κ1) is 21.8. The first-order chi connectivity index (χ1) is 14.6. The smallest absolute Gasteiger partial charge is 0.343 e. The second-order valence-corrected chi connectivity index (χ2v) is 6.47. The first-order valence-electron chi connectivity index (χ1n) is 8.82. The molecular formula is C16H17N5O10. The SMILES string of the molecule is CC(=O)OC[C@H]1O[C@@H](n2cnc3c(=O)n([N+](=O)[O-])[13cH]nc32)[C@H](OC(C)=O)[C@@H]1OC(C)=O. The van der Waals surface area contributed by atoms with Gasteiger partial charge in [0.1, 0.15) is 12.7 Å². The molecule has 2 aromatic rings. The molecule has 0 N–H and O–H groups in total. The summed E-state index contributed by atoms with van der Waals surface area (Å²) in [5, 5.41) is 9.97. The monoisotopic (exact) mass is 440 g/mol. The summed E-state index contributed by atoms with van der Waals surface area (Å²) in [7, 11) is 0. The van der Waals surface area contributed by atoms with Crippen molar-refractivity contribution < 1.29 is 38.4 Å². The summed E-state index contributed by atoms with van der Waals surface area (Å²) in [5.41, 5.74) is -1.47. The quantitative estimate of drug-likeness (QED) is 0.230. The van der Waals surface area contributed by atoms with Gasteiger partial charge in [0.2, 0.25) is 0 Å². The molecule has 0 spiro atoms. The molecule has 15 heteroatoms. The van der Waals surface area contributed by atoms with Crippen LogP contribution >= 0.6 is 0 Å². The molecule has 3 rings (SSSR count). The van der Waals surface area contributed by atoms with E-state index in [4.69, 9.17) is 18.9 Å². The van der Waals surface area contributed by atoms with Crippen LogP contribution in [0.4, 0.5) is 0 Å². The highest BCUT2D eigenvalue weighted by Crippen LogP contribution is 2.35. The number of nitro groups is 1. The Morgan fingerprint density at radius 1 is 1.10 bits per heavy atom. The second kappa shape index (κ2) is 8.47. The van der Waals surface area contributed by atoms with Crippen molar-refractivity contribution in [2.45, 2.75) is 45.3 Å². The molecule has 1 aliphatic rings. The van der Waals surface area contributed by atoms with Gasteiger partial charge in [0, 0.05) is 20.8 Å². The maximum Gasteiger partial charge on any atom is 0.343 e. The minimum Gasteiger partial charge on any atom is -0.463 e. The minimum absolute atomic E-state index is 0.0973. The third-order valence-corrected chi connectivity index (χ3v) is 4.26. The van der Waals surface area contributed by atoms with Crippen LogP contribution in [-0.4, -0.2) is 67.1 Å². The van der Waals surface area contributed by atoms with Crippen LogP contribution in [0.25, 0.3) is 11.2 Å². The van der Waals surface area contributed by atoms with E-state index in [0.29, 0.717) is 6.33 Å². The maximum absolute atomic E-state index is 12.3. The molecule has 0 saturated carbocycles. The third-order valence-electron chi connectivity index (χ3n) is 4.26. The van der Waals surface area contributed by atoms with Crippen molar-refractivity contribution in [3.63, 3.8) is 0 Å². The Kier molecular flexibility index (Phi) is 5.96. The molecule has 4 atom stereocenters. The number of aromatic nitrogens is 4. The van der Waals surface area contributed by atoms with E-state index >= 15 is 0 Å². The van der Waals surface area contributed by atoms with E-state index in [1.165, 1.54) is 11.5 Å². The van der Waals surface area contributed by atoms with Gasteiger partial charge in [0.05, 0.1) is 6.33 Å². The lowest BCUT2D eigenvalue weighted by Crippen LogP contribution is -2.40. The molecule has 1 fully saturated rings. The van der Waals surface area contributed by atoms with E-state index in [2.05, 4.69) is 9.97 Å². The van der Waals surface area contributed by atoms with Crippen LogP contribution in [0.3, 0.4) is 0 Å². The number of carbonyl (C=O) groups excluding carboxylic acids is 3. The summed E-state index contributed by atoms with van der Waals surface area (Å²) in [5.74, 6) is -2.05. The van der Waals surface area contributed by atoms with Crippen molar-refractivity contribution in [1.29, 1.82) is 0 Å². The number of hydrogen-bond donors (Lipinski definition) is 0. The van der Waals surface area contributed by atoms with E-state index in [1.807, 2.05) is 0 Å². The molecule has 0 amide bonds. The van der Waals surface area contributed by atoms with Gasteiger partial charge in [-0.3, -0.25) is 23.7 Å². The van der Waals surface area contributed by atoms with Gasteiger partial charge in [-0.25, -0.2) is 20.1 Å². The molecule has 0 aromatic carbocycles. The fourth-order valence-electron chi connectivity index (χ4n) is 3.12. The van der Waals surface area contributed by atoms with Crippen LogP contribution in [0.1, 0.15) is 27.0 Å². The summed E-state index contributed by atoms with van der Waals surface area (Å²) in [4.78, 5) is 65.4. The van der Waals surface area contributed by atoms with Gasteiger partial charge < -0.3 is 18.9 Å². The van der Waals surface area contributed by atoms with Gasteiger partial charge in [-0.15, -0.1) is 0 Å². The topological polar surface area (TPSA) is 184 Å². The fourth-order valence-corrected chi connectivity index (χ4v) is 3.12. The van der Waals surface area contributed by atoms with Gasteiger partial charge in [-0.2, -0.15) is 0 Å². The summed E-state index contributed by atoms with van der Waals surface area (Å²) in [6, 6.07) is 0. The largest absolute Gasteiger partial charge is 0.463 e. The molecule has 15 nitrogen and oxygen atoms in total. The van der Waals surface area contributed by atoms with Crippen LogP contribution in [0, 0.1) is 10.1 Å². The van der Waals surface area contributed by atoms with Crippen LogP contribution in [0.15, 0.2) is 17.4 Å². The number of fused-ring (bicyclic) bond motifs is 1. The number of rotatable bonds is 6.